The van der Waals surface area contributed by atoms with Gasteiger partial charge in [0.1, 0.15) is 12.1 Å². The van der Waals surface area contributed by atoms with Gasteiger partial charge in [-0.1, -0.05) is 12.1 Å². The lowest BCUT2D eigenvalue weighted by Gasteiger charge is -2.38. The molecule has 2 aliphatic rings. The number of piperazine rings is 2. The van der Waals surface area contributed by atoms with Crippen molar-refractivity contribution in [2.24, 2.45) is 0 Å². The molecule has 0 radical (unpaired) electrons. The van der Waals surface area contributed by atoms with Gasteiger partial charge < -0.3 is 24.3 Å². The van der Waals surface area contributed by atoms with E-state index in [4.69, 9.17) is 4.74 Å². The lowest BCUT2D eigenvalue weighted by atomic mass is 10.1. The molecule has 0 aliphatic carbocycles. The fraction of sp³-hybridized carbons (Fsp3) is 0.407. The summed E-state index contributed by atoms with van der Waals surface area (Å²) in [4.78, 5) is 29.4. The van der Waals surface area contributed by atoms with Gasteiger partial charge >= 0.3 is 5.69 Å². The summed E-state index contributed by atoms with van der Waals surface area (Å²) in [6.45, 7) is 9.93. The van der Waals surface area contributed by atoms with E-state index in [2.05, 4.69) is 51.8 Å². The number of nitrogens with zero attached hydrogens (tertiary/aromatic N) is 7. The molecule has 0 saturated carbocycles. The summed E-state index contributed by atoms with van der Waals surface area (Å²) in [5, 5.41) is 12.3. The monoisotopic (exact) mass is 503 g/mol. The van der Waals surface area contributed by atoms with Crippen molar-refractivity contribution < 1.29 is 9.66 Å². The van der Waals surface area contributed by atoms with Crippen LogP contribution in [0.3, 0.4) is 0 Å². The Hall–Kier alpha value is -4.08. The molecule has 0 bridgehead atoms. The summed E-state index contributed by atoms with van der Waals surface area (Å²) in [6, 6.07) is 14.3. The Morgan fingerprint density at radius 3 is 1.86 bits per heavy atom. The number of aryl methyl sites for hydroxylation is 1. The maximum Gasteiger partial charge on any atom is 0.353 e. The Balaban J connectivity index is 1.30. The van der Waals surface area contributed by atoms with Crippen LogP contribution in [-0.4, -0.2) is 74.4 Å². The third-order valence-electron chi connectivity index (χ3n) is 7.48. The molecule has 0 unspecified atom stereocenters. The van der Waals surface area contributed by atoms with E-state index in [1.807, 2.05) is 34.1 Å². The highest BCUT2D eigenvalue weighted by Crippen LogP contribution is 2.36. The van der Waals surface area contributed by atoms with Crippen molar-refractivity contribution in [2.45, 2.75) is 13.8 Å². The number of rotatable bonds is 6. The Bertz CT molecular complexity index is 1250. The van der Waals surface area contributed by atoms with E-state index in [9.17, 15) is 10.1 Å². The maximum absolute atomic E-state index is 12.3. The van der Waals surface area contributed by atoms with Crippen molar-refractivity contribution in [2.75, 3.05) is 79.1 Å². The molecule has 10 nitrogen and oxygen atoms in total. The second kappa shape index (κ2) is 10.5. The molecule has 0 N–H and O–H groups in total. The number of anilines is 4. The van der Waals surface area contributed by atoms with Crippen molar-refractivity contribution in [1.82, 2.24) is 9.97 Å². The van der Waals surface area contributed by atoms with Crippen LogP contribution < -0.4 is 24.3 Å². The van der Waals surface area contributed by atoms with Crippen LogP contribution in [0.25, 0.3) is 0 Å². The van der Waals surface area contributed by atoms with Gasteiger partial charge in [-0.15, -0.1) is 0 Å². The van der Waals surface area contributed by atoms with Crippen LogP contribution in [0.5, 0.6) is 5.75 Å². The van der Waals surface area contributed by atoms with Crippen LogP contribution in [0.2, 0.25) is 0 Å². The second-order valence-corrected chi connectivity index (χ2v) is 9.49. The van der Waals surface area contributed by atoms with Crippen molar-refractivity contribution in [1.29, 1.82) is 0 Å². The summed E-state index contributed by atoms with van der Waals surface area (Å²) >= 11 is 0. The lowest BCUT2D eigenvalue weighted by Crippen LogP contribution is -2.48. The molecule has 1 aromatic heterocycles. The van der Waals surface area contributed by atoms with Gasteiger partial charge in [0, 0.05) is 63.7 Å². The second-order valence-electron chi connectivity index (χ2n) is 9.49. The SMILES string of the molecule is COc1ccc(N2CCN(c3ncnc(N4CCN(c5cccc(C)c5C)CC4)c3[N+](=O)[O-])CC2)cc1. The summed E-state index contributed by atoms with van der Waals surface area (Å²) in [6.07, 6.45) is 1.46. The van der Waals surface area contributed by atoms with Crippen LogP contribution in [0.4, 0.5) is 28.7 Å². The number of aromatic nitrogens is 2. The third-order valence-corrected chi connectivity index (χ3v) is 7.48. The van der Waals surface area contributed by atoms with Gasteiger partial charge in [0.25, 0.3) is 0 Å². The Morgan fingerprint density at radius 1 is 0.784 bits per heavy atom. The van der Waals surface area contributed by atoms with E-state index in [1.165, 1.54) is 23.1 Å². The van der Waals surface area contributed by atoms with Crippen LogP contribution in [0.15, 0.2) is 48.8 Å². The highest BCUT2D eigenvalue weighted by atomic mass is 16.6. The van der Waals surface area contributed by atoms with Crippen molar-refractivity contribution in [3.05, 3.63) is 70.0 Å². The zero-order valence-electron chi connectivity index (χ0n) is 21.6. The molecule has 194 valence electrons. The molecule has 0 atom stereocenters. The zero-order chi connectivity index (χ0) is 25.9. The van der Waals surface area contributed by atoms with Crippen LogP contribution in [-0.2, 0) is 0 Å². The van der Waals surface area contributed by atoms with E-state index in [-0.39, 0.29) is 10.6 Å². The average molecular weight is 504 g/mol. The molecule has 2 saturated heterocycles. The van der Waals surface area contributed by atoms with Crippen LogP contribution in [0, 0.1) is 24.0 Å². The van der Waals surface area contributed by atoms with Gasteiger partial charge in [-0.3, -0.25) is 10.1 Å². The molecule has 10 heteroatoms. The Kier molecular flexibility index (Phi) is 6.98. The first kappa shape index (κ1) is 24.6. The van der Waals surface area contributed by atoms with Crippen molar-refractivity contribution >= 4 is 28.7 Å². The lowest BCUT2D eigenvalue weighted by molar-refractivity contribution is -0.383. The minimum absolute atomic E-state index is 0.000540. The van der Waals surface area contributed by atoms with E-state index in [0.29, 0.717) is 37.8 Å². The molecule has 3 heterocycles. The molecule has 5 rings (SSSR count). The summed E-state index contributed by atoms with van der Waals surface area (Å²) in [5.41, 5.74) is 4.89. The number of benzene rings is 2. The van der Waals surface area contributed by atoms with Gasteiger partial charge in [-0.2, -0.15) is 0 Å². The molecule has 0 amide bonds. The predicted molar refractivity (Wildman–Crippen MR) is 146 cm³/mol. The zero-order valence-corrected chi connectivity index (χ0v) is 21.6. The molecular weight excluding hydrogens is 470 g/mol. The van der Waals surface area contributed by atoms with E-state index in [1.54, 1.807) is 7.11 Å². The van der Waals surface area contributed by atoms with E-state index in [0.717, 1.165) is 37.6 Å². The minimum atomic E-state index is -0.322. The summed E-state index contributed by atoms with van der Waals surface area (Å²) in [5.74, 6) is 1.64. The van der Waals surface area contributed by atoms with Crippen LogP contribution in [0.1, 0.15) is 11.1 Å². The van der Waals surface area contributed by atoms with Gasteiger partial charge in [0.15, 0.2) is 0 Å². The van der Waals surface area contributed by atoms with Crippen LogP contribution >= 0.6 is 0 Å². The highest BCUT2D eigenvalue weighted by Gasteiger charge is 2.33. The van der Waals surface area contributed by atoms with Gasteiger partial charge in [0.2, 0.25) is 11.6 Å². The molecule has 2 aromatic carbocycles. The number of hydrogen-bond acceptors (Lipinski definition) is 9. The van der Waals surface area contributed by atoms with Gasteiger partial charge in [-0.05, 0) is 55.3 Å². The highest BCUT2D eigenvalue weighted by molar-refractivity contribution is 5.72. The van der Waals surface area contributed by atoms with E-state index >= 15 is 0 Å². The molecule has 37 heavy (non-hydrogen) atoms. The molecule has 2 aliphatic heterocycles. The van der Waals surface area contributed by atoms with Gasteiger partial charge in [-0.25, -0.2) is 9.97 Å². The summed E-state index contributed by atoms with van der Waals surface area (Å²) in [7, 11) is 1.65. The average Bonchev–Trinajstić information content (AvgIpc) is 2.94. The van der Waals surface area contributed by atoms with Gasteiger partial charge in [0.05, 0.1) is 12.0 Å². The fourth-order valence-electron chi connectivity index (χ4n) is 5.19. The quantitative estimate of drug-likeness (QED) is 0.369. The fourth-order valence-corrected chi connectivity index (χ4v) is 5.19. The molecule has 2 fully saturated rings. The van der Waals surface area contributed by atoms with Crippen molar-refractivity contribution in [3.63, 3.8) is 0 Å². The maximum atomic E-state index is 12.3. The normalized spacial score (nSPS) is 16.2. The third kappa shape index (κ3) is 4.96. The molecular formula is C27H33N7O3. The van der Waals surface area contributed by atoms with E-state index < -0.39 is 0 Å². The largest absolute Gasteiger partial charge is 0.497 e. The predicted octanol–water partition coefficient (Wildman–Crippen LogP) is 3.66. The first-order valence-electron chi connectivity index (χ1n) is 12.7. The summed E-state index contributed by atoms with van der Waals surface area (Å²) < 4.78 is 5.25. The number of methoxy groups -OCH3 is 1. The minimum Gasteiger partial charge on any atom is -0.497 e. The number of nitro groups is 1. The molecule has 3 aromatic rings. The smallest absolute Gasteiger partial charge is 0.353 e. The topological polar surface area (TPSA) is 91.1 Å². The van der Waals surface area contributed by atoms with Crippen molar-refractivity contribution in [3.8, 4) is 5.75 Å². The number of hydrogen-bond donors (Lipinski definition) is 0. The Morgan fingerprint density at radius 2 is 1.32 bits per heavy atom. The first-order chi connectivity index (χ1) is 18.0. The number of ether oxygens (including phenoxy) is 1. The first-order valence-corrected chi connectivity index (χ1v) is 12.7. The standard InChI is InChI=1S/C27H33N7O3/c1-20-5-4-6-24(21(20)2)31-13-17-33(18-14-31)27-25(34(35)36)26(28-19-29-27)32-15-11-30(12-16-32)22-7-9-23(37-3)10-8-22/h4-10,19H,11-18H2,1-3H3. The Labute approximate surface area is 217 Å². The molecule has 0 spiro atoms.